The van der Waals surface area contributed by atoms with Crippen LogP contribution in [-0.2, 0) is 38.4 Å². The number of carboxylic acids is 4. The molecule has 0 saturated heterocycles. The molecule has 0 fully saturated rings. The summed E-state index contributed by atoms with van der Waals surface area (Å²) in [6.07, 6.45) is -1.44. The second-order valence-electron chi connectivity index (χ2n) is 5.09. The Morgan fingerprint density at radius 1 is 0.393 bits per heavy atom. The Morgan fingerprint density at radius 2 is 0.500 bits per heavy atom. The molecule has 0 aliphatic carbocycles. The first kappa shape index (κ1) is 32.3. The standard InChI is InChI=1S/4C4H6O3/c4*1-3(5)2-4(6)7/h4*2H2,1H3,(H,6,7). The molecule has 12 nitrogen and oxygen atoms in total. The van der Waals surface area contributed by atoms with E-state index in [2.05, 4.69) is 0 Å². The van der Waals surface area contributed by atoms with Crippen LogP contribution >= 0.6 is 0 Å². The first-order chi connectivity index (χ1) is 12.5. The molecule has 0 unspecified atom stereocenters. The van der Waals surface area contributed by atoms with Gasteiger partial charge in [0.2, 0.25) is 0 Å². The van der Waals surface area contributed by atoms with Gasteiger partial charge in [-0.15, -0.1) is 0 Å². The predicted molar refractivity (Wildman–Crippen MR) is 91.7 cm³/mol. The van der Waals surface area contributed by atoms with Gasteiger partial charge in [0.25, 0.3) is 0 Å². The summed E-state index contributed by atoms with van der Waals surface area (Å²) >= 11 is 0. The minimum absolute atomic E-state index is 0.312. The summed E-state index contributed by atoms with van der Waals surface area (Å²) in [6, 6.07) is 0. The number of carbonyl (C=O) groups is 8. The third-order valence-electron chi connectivity index (χ3n) is 1.60. The average Bonchev–Trinajstić information content (AvgIpc) is 2.32. The lowest BCUT2D eigenvalue weighted by molar-refractivity contribution is -0.141. The molecule has 0 aromatic carbocycles. The van der Waals surface area contributed by atoms with Gasteiger partial charge in [-0.2, -0.15) is 0 Å². The Bertz CT molecular complexity index is 436. The van der Waals surface area contributed by atoms with Crippen LogP contribution < -0.4 is 0 Å². The molecule has 0 aliphatic rings. The van der Waals surface area contributed by atoms with Crippen molar-refractivity contribution in [3.8, 4) is 0 Å². The topological polar surface area (TPSA) is 217 Å². The fraction of sp³-hybridized carbons (Fsp3) is 0.500. The molecular formula is C16H24O12. The molecule has 0 atom stereocenters. The van der Waals surface area contributed by atoms with Gasteiger partial charge in [0.05, 0.1) is 0 Å². The Hall–Kier alpha value is -3.44. The van der Waals surface area contributed by atoms with Crippen molar-refractivity contribution in [2.45, 2.75) is 53.4 Å². The monoisotopic (exact) mass is 408 g/mol. The largest absolute Gasteiger partial charge is 0.481 e. The Balaban J connectivity index is -0.000000137. The summed E-state index contributed by atoms with van der Waals surface area (Å²) < 4.78 is 0. The SMILES string of the molecule is CC(=O)CC(=O)O.CC(=O)CC(=O)O.CC(=O)CC(=O)O.CC(=O)CC(=O)O. The van der Waals surface area contributed by atoms with E-state index in [0.717, 1.165) is 0 Å². The maximum atomic E-state index is 9.87. The lowest BCUT2D eigenvalue weighted by Crippen LogP contribution is -2.00. The van der Waals surface area contributed by atoms with Crippen LogP contribution in [0.25, 0.3) is 0 Å². The van der Waals surface area contributed by atoms with Gasteiger partial charge < -0.3 is 20.4 Å². The van der Waals surface area contributed by atoms with Crippen molar-refractivity contribution in [2.75, 3.05) is 0 Å². The fourth-order valence-corrected chi connectivity index (χ4v) is 0.852. The summed E-state index contributed by atoms with van der Waals surface area (Å²) in [5, 5.41) is 31.5. The van der Waals surface area contributed by atoms with Gasteiger partial charge in [-0.05, 0) is 27.7 Å². The van der Waals surface area contributed by atoms with Crippen molar-refractivity contribution >= 4 is 47.0 Å². The molecule has 0 aromatic rings. The smallest absolute Gasteiger partial charge is 0.310 e. The zero-order valence-electron chi connectivity index (χ0n) is 15.9. The minimum Gasteiger partial charge on any atom is -0.481 e. The van der Waals surface area contributed by atoms with E-state index in [1.165, 1.54) is 27.7 Å². The summed E-state index contributed by atoms with van der Waals surface area (Å²) in [5.74, 6) is -5.50. The van der Waals surface area contributed by atoms with E-state index in [0.29, 0.717) is 0 Å². The maximum Gasteiger partial charge on any atom is 0.310 e. The molecule has 0 aromatic heterocycles. The summed E-state index contributed by atoms with van der Waals surface area (Å²) in [4.78, 5) is 77.8. The quantitative estimate of drug-likeness (QED) is 0.396. The lowest BCUT2D eigenvalue weighted by Gasteiger charge is -1.80. The Morgan fingerprint density at radius 3 is 0.500 bits per heavy atom. The molecule has 0 rings (SSSR count). The first-order valence-corrected chi connectivity index (χ1v) is 7.36. The summed E-state index contributed by atoms with van der Waals surface area (Å²) in [5.41, 5.74) is 0. The van der Waals surface area contributed by atoms with E-state index in [9.17, 15) is 38.4 Å². The average molecular weight is 408 g/mol. The second kappa shape index (κ2) is 19.9. The zero-order chi connectivity index (χ0) is 23.4. The molecule has 28 heavy (non-hydrogen) atoms. The van der Waals surface area contributed by atoms with Gasteiger partial charge in [0, 0.05) is 0 Å². The van der Waals surface area contributed by atoms with Gasteiger partial charge in [-0.25, -0.2) is 0 Å². The molecule has 12 heteroatoms. The van der Waals surface area contributed by atoms with E-state index < -0.39 is 23.9 Å². The van der Waals surface area contributed by atoms with E-state index in [1.54, 1.807) is 0 Å². The molecule has 0 spiro atoms. The number of ketones is 4. The molecule has 0 amide bonds. The minimum atomic E-state index is -1.06. The van der Waals surface area contributed by atoms with E-state index in [4.69, 9.17) is 20.4 Å². The number of Topliss-reactive ketones (excluding diaryl/α,β-unsaturated/α-hetero) is 4. The highest BCUT2D eigenvalue weighted by molar-refractivity contribution is 5.94. The van der Waals surface area contributed by atoms with Crippen molar-refractivity contribution in [3.63, 3.8) is 0 Å². The third-order valence-corrected chi connectivity index (χ3v) is 1.60. The molecule has 4 N–H and O–H groups in total. The van der Waals surface area contributed by atoms with E-state index in [-0.39, 0.29) is 48.8 Å². The van der Waals surface area contributed by atoms with Crippen LogP contribution in [0.1, 0.15) is 53.4 Å². The number of hydrogen-bond donors (Lipinski definition) is 4. The molecule has 0 radical (unpaired) electrons. The highest BCUT2D eigenvalue weighted by atomic mass is 16.4. The highest BCUT2D eigenvalue weighted by Crippen LogP contribution is 1.79. The molecule has 160 valence electrons. The van der Waals surface area contributed by atoms with Crippen molar-refractivity contribution in [1.29, 1.82) is 0 Å². The maximum absolute atomic E-state index is 9.87. The van der Waals surface area contributed by atoms with E-state index >= 15 is 0 Å². The second-order valence-corrected chi connectivity index (χ2v) is 5.09. The van der Waals surface area contributed by atoms with Crippen molar-refractivity contribution < 1.29 is 58.8 Å². The number of carbonyl (C=O) groups excluding carboxylic acids is 4. The Kier molecular flexibility index (Phi) is 22.9. The highest BCUT2D eigenvalue weighted by Gasteiger charge is 1.99. The molecular weight excluding hydrogens is 384 g/mol. The van der Waals surface area contributed by atoms with Crippen LogP contribution in [0.2, 0.25) is 0 Å². The predicted octanol–water partition coefficient (Wildman–Crippen LogP) is 0.200. The first-order valence-electron chi connectivity index (χ1n) is 7.36. The van der Waals surface area contributed by atoms with Crippen molar-refractivity contribution in [3.05, 3.63) is 0 Å². The van der Waals surface area contributed by atoms with Crippen LogP contribution in [0, 0.1) is 0 Å². The summed E-state index contributed by atoms with van der Waals surface area (Å²) in [6.45, 7) is 4.98. The summed E-state index contributed by atoms with van der Waals surface area (Å²) in [7, 11) is 0. The molecule has 0 bridgehead atoms. The van der Waals surface area contributed by atoms with Crippen LogP contribution in [0.3, 0.4) is 0 Å². The van der Waals surface area contributed by atoms with Crippen LogP contribution in [0.15, 0.2) is 0 Å². The normalized spacial score (nSPS) is 8.14. The Labute approximate surface area is 160 Å². The number of aliphatic carboxylic acids is 4. The number of rotatable bonds is 8. The number of carboxylic acid groups (broad SMARTS) is 4. The fourth-order valence-electron chi connectivity index (χ4n) is 0.852. The van der Waals surface area contributed by atoms with Gasteiger partial charge in [0.15, 0.2) is 0 Å². The zero-order valence-corrected chi connectivity index (χ0v) is 15.9. The third kappa shape index (κ3) is 66.5. The van der Waals surface area contributed by atoms with Gasteiger partial charge in [-0.1, -0.05) is 0 Å². The van der Waals surface area contributed by atoms with Crippen molar-refractivity contribution in [1.82, 2.24) is 0 Å². The van der Waals surface area contributed by atoms with Crippen LogP contribution in [-0.4, -0.2) is 67.4 Å². The van der Waals surface area contributed by atoms with Crippen LogP contribution in [0.4, 0.5) is 0 Å². The molecule has 0 heterocycles. The van der Waals surface area contributed by atoms with Crippen molar-refractivity contribution in [2.24, 2.45) is 0 Å². The van der Waals surface area contributed by atoms with Crippen LogP contribution in [0.5, 0.6) is 0 Å². The van der Waals surface area contributed by atoms with E-state index in [1.807, 2.05) is 0 Å². The van der Waals surface area contributed by atoms with Gasteiger partial charge in [-0.3, -0.25) is 38.4 Å². The lowest BCUT2D eigenvalue weighted by atomic mass is 10.3. The molecule has 0 saturated carbocycles. The molecule has 0 aliphatic heterocycles. The van der Waals surface area contributed by atoms with Gasteiger partial charge in [0.1, 0.15) is 48.8 Å². The van der Waals surface area contributed by atoms with Gasteiger partial charge >= 0.3 is 23.9 Å². The number of hydrogen-bond acceptors (Lipinski definition) is 8.